The van der Waals surface area contributed by atoms with Gasteiger partial charge in [-0.15, -0.1) is 0 Å². The van der Waals surface area contributed by atoms with E-state index in [1.807, 2.05) is 49.4 Å². The number of aromatic nitrogens is 1. The summed E-state index contributed by atoms with van der Waals surface area (Å²) in [7, 11) is 0. The van der Waals surface area contributed by atoms with Gasteiger partial charge in [0, 0.05) is 29.6 Å². The molecule has 0 radical (unpaired) electrons. The first-order chi connectivity index (χ1) is 15.0. The second-order valence-corrected chi connectivity index (χ2v) is 8.57. The number of carbonyl (C=O) groups is 1. The van der Waals surface area contributed by atoms with Crippen LogP contribution in [-0.4, -0.2) is 42.1 Å². The van der Waals surface area contributed by atoms with Gasteiger partial charge in [0.2, 0.25) is 0 Å². The number of anilines is 1. The SMILES string of the molecule is Cc1cc2cc(CN(CC[NH+]3CCCC3)C(=O)Nc3ccccc3)c(=O)[nH]c2cc1C. The summed E-state index contributed by atoms with van der Waals surface area (Å²) in [6.45, 7) is 8.20. The fraction of sp³-hybridized carbons (Fsp3) is 0.360. The number of nitrogens with one attached hydrogen (secondary N) is 3. The number of pyridine rings is 1. The van der Waals surface area contributed by atoms with Crippen molar-refractivity contribution in [2.45, 2.75) is 33.2 Å². The van der Waals surface area contributed by atoms with E-state index in [1.54, 1.807) is 4.90 Å². The monoisotopic (exact) mass is 419 g/mol. The van der Waals surface area contributed by atoms with Crippen LogP contribution in [0.2, 0.25) is 0 Å². The third-order valence-electron chi connectivity index (χ3n) is 6.25. The molecule has 1 fully saturated rings. The molecule has 0 bridgehead atoms. The van der Waals surface area contributed by atoms with E-state index < -0.39 is 0 Å². The summed E-state index contributed by atoms with van der Waals surface area (Å²) in [6.07, 6.45) is 2.49. The van der Waals surface area contributed by atoms with E-state index >= 15 is 0 Å². The fourth-order valence-electron chi connectivity index (χ4n) is 4.24. The second kappa shape index (κ2) is 9.35. The summed E-state index contributed by atoms with van der Waals surface area (Å²) in [5.74, 6) is 0. The second-order valence-electron chi connectivity index (χ2n) is 8.57. The molecule has 2 heterocycles. The van der Waals surface area contributed by atoms with Gasteiger partial charge >= 0.3 is 6.03 Å². The number of H-pyrrole nitrogens is 1. The van der Waals surface area contributed by atoms with Crippen LogP contribution in [0.1, 0.15) is 29.5 Å². The van der Waals surface area contributed by atoms with Crippen molar-refractivity contribution in [3.8, 4) is 0 Å². The predicted octanol–water partition coefficient (Wildman–Crippen LogP) is 2.86. The molecule has 0 saturated carbocycles. The van der Waals surface area contributed by atoms with Gasteiger partial charge in [-0.1, -0.05) is 18.2 Å². The van der Waals surface area contributed by atoms with E-state index in [0.717, 1.165) is 41.8 Å². The van der Waals surface area contributed by atoms with E-state index in [0.29, 0.717) is 12.1 Å². The van der Waals surface area contributed by atoms with E-state index in [1.165, 1.54) is 23.3 Å². The van der Waals surface area contributed by atoms with Crippen molar-refractivity contribution in [1.82, 2.24) is 9.88 Å². The van der Waals surface area contributed by atoms with Crippen molar-refractivity contribution >= 4 is 22.6 Å². The molecule has 4 rings (SSSR count). The van der Waals surface area contributed by atoms with E-state index in [4.69, 9.17) is 0 Å². The quantitative estimate of drug-likeness (QED) is 0.575. The minimum atomic E-state index is -0.176. The fourth-order valence-corrected chi connectivity index (χ4v) is 4.24. The number of benzene rings is 2. The molecule has 3 N–H and O–H groups in total. The first kappa shape index (κ1) is 21.1. The highest BCUT2D eigenvalue weighted by Gasteiger charge is 2.21. The number of carbonyl (C=O) groups excluding carboxylic acids is 1. The van der Waals surface area contributed by atoms with Gasteiger partial charge in [-0.25, -0.2) is 4.79 Å². The largest absolute Gasteiger partial charge is 0.333 e. The van der Waals surface area contributed by atoms with Crippen molar-refractivity contribution in [1.29, 1.82) is 0 Å². The van der Waals surface area contributed by atoms with Crippen LogP contribution in [0.25, 0.3) is 10.9 Å². The molecule has 31 heavy (non-hydrogen) atoms. The van der Waals surface area contributed by atoms with Crippen LogP contribution in [0.15, 0.2) is 53.3 Å². The number of hydrogen-bond acceptors (Lipinski definition) is 2. The lowest BCUT2D eigenvalue weighted by atomic mass is 10.0. The topological polar surface area (TPSA) is 69.6 Å². The van der Waals surface area contributed by atoms with E-state index in [9.17, 15) is 9.59 Å². The lowest BCUT2D eigenvalue weighted by molar-refractivity contribution is -0.886. The maximum Gasteiger partial charge on any atom is 0.322 e. The number of aryl methyl sites for hydroxylation is 2. The zero-order valence-corrected chi connectivity index (χ0v) is 18.3. The summed E-state index contributed by atoms with van der Waals surface area (Å²) in [5.41, 5.74) is 4.38. The maximum absolute atomic E-state index is 13.1. The van der Waals surface area contributed by atoms with Gasteiger partial charge < -0.3 is 20.1 Å². The molecule has 162 valence electrons. The van der Waals surface area contributed by atoms with Crippen LogP contribution >= 0.6 is 0 Å². The molecule has 2 aromatic carbocycles. The Morgan fingerprint density at radius 2 is 1.77 bits per heavy atom. The standard InChI is InChI=1S/C25H30N4O2/c1-18-14-20-16-21(24(30)27-23(20)15-19(18)2)17-29(13-12-28-10-6-7-11-28)25(31)26-22-8-4-3-5-9-22/h3-5,8-9,14-16H,6-7,10-13,17H2,1-2H3,(H,26,31)(H,27,30)/p+1. The van der Waals surface area contributed by atoms with Crippen LogP contribution in [-0.2, 0) is 6.54 Å². The Morgan fingerprint density at radius 1 is 1.06 bits per heavy atom. The molecule has 6 heteroatoms. The molecular weight excluding hydrogens is 388 g/mol. The third-order valence-corrected chi connectivity index (χ3v) is 6.25. The minimum absolute atomic E-state index is 0.137. The first-order valence-corrected chi connectivity index (χ1v) is 11.1. The average molecular weight is 420 g/mol. The number of likely N-dealkylation sites (tertiary alicyclic amines) is 1. The third kappa shape index (κ3) is 5.14. The molecule has 0 aliphatic carbocycles. The zero-order valence-electron chi connectivity index (χ0n) is 18.3. The number of nitrogens with zero attached hydrogens (tertiary/aromatic N) is 1. The molecule has 2 amide bonds. The number of hydrogen-bond donors (Lipinski definition) is 3. The van der Waals surface area contributed by atoms with Gasteiger partial charge in [0.25, 0.3) is 5.56 Å². The van der Waals surface area contributed by atoms with Gasteiger partial charge in [0.15, 0.2) is 0 Å². The van der Waals surface area contributed by atoms with Gasteiger partial charge in [0.05, 0.1) is 32.7 Å². The highest BCUT2D eigenvalue weighted by atomic mass is 16.2. The van der Waals surface area contributed by atoms with Gasteiger partial charge in [-0.3, -0.25) is 4.79 Å². The number of aromatic amines is 1. The molecule has 1 aromatic heterocycles. The lowest BCUT2D eigenvalue weighted by Crippen LogP contribution is -3.10. The van der Waals surface area contributed by atoms with Crippen LogP contribution in [0.5, 0.6) is 0 Å². The van der Waals surface area contributed by atoms with Crippen molar-refractivity contribution in [2.75, 3.05) is 31.5 Å². The molecule has 1 saturated heterocycles. The highest BCUT2D eigenvalue weighted by molar-refractivity contribution is 5.89. The molecule has 1 aliphatic rings. The Labute approximate surface area is 182 Å². The van der Waals surface area contributed by atoms with Crippen molar-refractivity contribution in [3.05, 3.63) is 75.6 Å². The van der Waals surface area contributed by atoms with E-state index in [2.05, 4.69) is 23.3 Å². The summed E-state index contributed by atoms with van der Waals surface area (Å²) in [4.78, 5) is 32.2. The van der Waals surface area contributed by atoms with Crippen LogP contribution in [0.3, 0.4) is 0 Å². The number of fused-ring (bicyclic) bond motifs is 1. The number of amides is 2. The Hall–Kier alpha value is -3.12. The number of quaternary nitrogens is 1. The average Bonchev–Trinajstić information content (AvgIpc) is 3.27. The number of rotatable bonds is 6. The molecule has 0 atom stereocenters. The Kier molecular flexibility index (Phi) is 6.37. The van der Waals surface area contributed by atoms with Gasteiger partial charge in [0.1, 0.15) is 0 Å². The summed E-state index contributed by atoms with van der Waals surface area (Å²) in [5, 5.41) is 3.97. The molecule has 1 aliphatic heterocycles. The maximum atomic E-state index is 13.1. The number of urea groups is 1. The van der Waals surface area contributed by atoms with Gasteiger partial charge in [-0.2, -0.15) is 0 Å². The van der Waals surface area contributed by atoms with Crippen LogP contribution < -0.4 is 15.8 Å². The van der Waals surface area contributed by atoms with Crippen LogP contribution in [0.4, 0.5) is 10.5 Å². The highest BCUT2D eigenvalue weighted by Crippen LogP contribution is 2.18. The molecule has 0 unspecified atom stereocenters. The molecule has 0 spiro atoms. The summed E-state index contributed by atoms with van der Waals surface area (Å²) < 4.78 is 0. The van der Waals surface area contributed by atoms with Gasteiger partial charge in [-0.05, 0) is 60.7 Å². The zero-order chi connectivity index (χ0) is 21.8. The predicted molar refractivity (Wildman–Crippen MR) is 125 cm³/mol. The Balaban J connectivity index is 1.58. The van der Waals surface area contributed by atoms with Crippen molar-refractivity contribution < 1.29 is 9.69 Å². The van der Waals surface area contributed by atoms with Crippen LogP contribution in [0, 0.1) is 13.8 Å². The smallest absolute Gasteiger partial charge is 0.322 e. The van der Waals surface area contributed by atoms with Crippen molar-refractivity contribution in [3.63, 3.8) is 0 Å². The van der Waals surface area contributed by atoms with E-state index in [-0.39, 0.29) is 18.1 Å². The lowest BCUT2D eigenvalue weighted by Gasteiger charge is -2.24. The summed E-state index contributed by atoms with van der Waals surface area (Å²) >= 11 is 0. The summed E-state index contributed by atoms with van der Waals surface area (Å²) in [6, 6.07) is 15.3. The molecular formula is C25H31N4O2+. The molecule has 3 aromatic rings. The normalized spacial score (nSPS) is 14.1. The minimum Gasteiger partial charge on any atom is -0.333 e. The van der Waals surface area contributed by atoms with Crippen molar-refractivity contribution in [2.24, 2.45) is 0 Å². The first-order valence-electron chi connectivity index (χ1n) is 11.1. The Morgan fingerprint density at radius 3 is 2.52 bits per heavy atom. The Bertz CT molecular complexity index is 1120. The number of para-hydroxylation sites is 1. The molecule has 6 nitrogen and oxygen atoms in total.